The van der Waals surface area contributed by atoms with Crippen molar-refractivity contribution in [3.63, 3.8) is 0 Å². The zero-order chi connectivity index (χ0) is 12.5. The summed E-state index contributed by atoms with van der Waals surface area (Å²) >= 11 is 0. The Morgan fingerprint density at radius 3 is 2.24 bits per heavy atom. The van der Waals surface area contributed by atoms with Crippen molar-refractivity contribution in [1.29, 1.82) is 0 Å². The molecule has 1 rings (SSSR count). The van der Waals surface area contributed by atoms with Gasteiger partial charge in [-0.25, -0.2) is 0 Å². The molecule has 3 atom stereocenters. The molecule has 102 valence electrons. The largest absolute Gasteiger partial charge is 0.393 e. The topological polar surface area (TPSA) is 20.2 Å². The zero-order valence-corrected chi connectivity index (χ0v) is 12.0. The summed E-state index contributed by atoms with van der Waals surface area (Å²) in [6, 6.07) is 0. The first kappa shape index (κ1) is 15.0. The third-order valence-corrected chi connectivity index (χ3v) is 4.38. The molecule has 1 aliphatic carbocycles. The SMILES string of the molecule is CCCCCCCCCC(O)C1CCC(C)C1. The van der Waals surface area contributed by atoms with Crippen LogP contribution in [0.5, 0.6) is 0 Å². The van der Waals surface area contributed by atoms with Gasteiger partial charge in [0.05, 0.1) is 6.10 Å². The fourth-order valence-electron chi connectivity index (χ4n) is 3.15. The van der Waals surface area contributed by atoms with Crippen LogP contribution in [0, 0.1) is 11.8 Å². The van der Waals surface area contributed by atoms with Gasteiger partial charge < -0.3 is 5.11 Å². The lowest BCUT2D eigenvalue weighted by atomic mass is 9.95. The predicted molar refractivity (Wildman–Crippen MR) is 75.1 cm³/mol. The van der Waals surface area contributed by atoms with Crippen molar-refractivity contribution in [1.82, 2.24) is 0 Å². The van der Waals surface area contributed by atoms with Crippen molar-refractivity contribution in [2.75, 3.05) is 0 Å². The molecule has 3 unspecified atom stereocenters. The van der Waals surface area contributed by atoms with Crippen LogP contribution in [-0.2, 0) is 0 Å². The first-order valence-electron chi connectivity index (χ1n) is 7.92. The predicted octanol–water partition coefficient (Wildman–Crippen LogP) is 4.92. The Kier molecular flexibility index (Phi) is 7.92. The van der Waals surface area contributed by atoms with Crippen molar-refractivity contribution in [3.05, 3.63) is 0 Å². The second-order valence-electron chi connectivity index (χ2n) is 6.16. The first-order chi connectivity index (χ1) is 8.24. The molecule has 0 aromatic carbocycles. The van der Waals surface area contributed by atoms with Gasteiger partial charge in [0.25, 0.3) is 0 Å². The Morgan fingerprint density at radius 1 is 1.00 bits per heavy atom. The van der Waals surface area contributed by atoms with Crippen LogP contribution in [-0.4, -0.2) is 11.2 Å². The summed E-state index contributed by atoms with van der Waals surface area (Å²) in [5.41, 5.74) is 0. The summed E-state index contributed by atoms with van der Waals surface area (Å²) in [6.45, 7) is 4.58. The number of unbranched alkanes of at least 4 members (excludes halogenated alkanes) is 6. The smallest absolute Gasteiger partial charge is 0.0568 e. The molecule has 0 radical (unpaired) electrons. The van der Waals surface area contributed by atoms with Crippen LogP contribution >= 0.6 is 0 Å². The van der Waals surface area contributed by atoms with E-state index < -0.39 is 0 Å². The number of hydrogen-bond donors (Lipinski definition) is 1. The molecule has 0 saturated heterocycles. The van der Waals surface area contributed by atoms with Gasteiger partial charge in [0.1, 0.15) is 0 Å². The van der Waals surface area contributed by atoms with E-state index in [0.29, 0.717) is 5.92 Å². The lowest BCUT2D eigenvalue weighted by molar-refractivity contribution is 0.0971. The normalized spacial score (nSPS) is 26.3. The summed E-state index contributed by atoms with van der Waals surface area (Å²) in [5.74, 6) is 1.47. The maximum absolute atomic E-state index is 10.1. The van der Waals surface area contributed by atoms with Gasteiger partial charge in [-0.3, -0.25) is 0 Å². The van der Waals surface area contributed by atoms with Crippen LogP contribution in [0.4, 0.5) is 0 Å². The van der Waals surface area contributed by atoms with E-state index in [-0.39, 0.29) is 6.10 Å². The fraction of sp³-hybridized carbons (Fsp3) is 1.00. The first-order valence-corrected chi connectivity index (χ1v) is 7.92. The van der Waals surface area contributed by atoms with Crippen LogP contribution in [0.1, 0.15) is 84.5 Å². The van der Waals surface area contributed by atoms with Crippen molar-refractivity contribution in [2.45, 2.75) is 90.6 Å². The third kappa shape index (κ3) is 6.45. The highest BCUT2D eigenvalue weighted by Gasteiger charge is 2.26. The van der Waals surface area contributed by atoms with Crippen LogP contribution < -0.4 is 0 Å². The molecule has 1 nitrogen and oxygen atoms in total. The molecule has 0 spiro atoms. The molecule has 0 heterocycles. The molecule has 1 fully saturated rings. The van der Waals surface area contributed by atoms with Crippen LogP contribution in [0.3, 0.4) is 0 Å². The summed E-state index contributed by atoms with van der Waals surface area (Å²) in [6.07, 6.45) is 14.3. The van der Waals surface area contributed by atoms with Gasteiger partial charge in [0.15, 0.2) is 0 Å². The van der Waals surface area contributed by atoms with E-state index in [2.05, 4.69) is 13.8 Å². The molecule has 0 amide bonds. The summed E-state index contributed by atoms with van der Waals surface area (Å²) in [7, 11) is 0. The second kappa shape index (κ2) is 8.97. The summed E-state index contributed by atoms with van der Waals surface area (Å²) < 4.78 is 0. The van der Waals surface area contributed by atoms with Gasteiger partial charge in [-0.1, -0.05) is 65.2 Å². The average molecular weight is 240 g/mol. The lowest BCUT2D eigenvalue weighted by Crippen LogP contribution is -2.17. The lowest BCUT2D eigenvalue weighted by Gasteiger charge is -2.17. The number of aliphatic hydroxyl groups is 1. The Morgan fingerprint density at radius 2 is 1.65 bits per heavy atom. The Hall–Kier alpha value is -0.0400. The molecule has 0 aromatic rings. The van der Waals surface area contributed by atoms with Crippen LogP contribution in [0.25, 0.3) is 0 Å². The van der Waals surface area contributed by atoms with Crippen LogP contribution in [0.15, 0.2) is 0 Å². The van der Waals surface area contributed by atoms with Gasteiger partial charge in [-0.2, -0.15) is 0 Å². The standard InChI is InChI=1S/C16H32O/c1-3-4-5-6-7-8-9-10-16(17)15-12-11-14(2)13-15/h14-17H,3-13H2,1-2H3. The van der Waals surface area contributed by atoms with Gasteiger partial charge in [-0.15, -0.1) is 0 Å². The highest BCUT2D eigenvalue weighted by Crippen LogP contribution is 2.34. The maximum atomic E-state index is 10.1. The number of rotatable bonds is 9. The minimum atomic E-state index is -0.00408. The summed E-state index contributed by atoms with van der Waals surface area (Å²) in [4.78, 5) is 0. The second-order valence-corrected chi connectivity index (χ2v) is 6.16. The van der Waals surface area contributed by atoms with E-state index in [1.807, 2.05) is 0 Å². The van der Waals surface area contributed by atoms with Gasteiger partial charge in [0.2, 0.25) is 0 Å². The molecule has 0 aromatic heterocycles. The molecular formula is C16H32O. The minimum absolute atomic E-state index is 0.00408. The Bertz CT molecular complexity index is 178. The van der Waals surface area contributed by atoms with E-state index in [1.54, 1.807) is 0 Å². The zero-order valence-electron chi connectivity index (χ0n) is 12.0. The molecule has 1 heteroatoms. The van der Waals surface area contributed by atoms with Gasteiger partial charge in [-0.05, 0) is 31.1 Å². The maximum Gasteiger partial charge on any atom is 0.0568 e. The van der Waals surface area contributed by atoms with E-state index in [9.17, 15) is 5.11 Å². The average Bonchev–Trinajstić information content (AvgIpc) is 2.74. The Balaban J connectivity index is 1.91. The highest BCUT2D eigenvalue weighted by molar-refractivity contribution is 4.78. The molecule has 1 N–H and O–H groups in total. The van der Waals surface area contributed by atoms with Crippen molar-refractivity contribution in [3.8, 4) is 0 Å². The summed E-state index contributed by atoms with van der Waals surface area (Å²) in [5, 5.41) is 10.1. The molecule has 1 aliphatic rings. The van der Waals surface area contributed by atoms with Gasteiger partial charge in [0, 0.05) is 0 Å². The third-order valence-electron chi connectivity index (χ3n) is 4.38. The number of hydrogen-bond acceptors (Lipinski definition) is 1. The molecule has 1 saturated carbocycles. The Labute approximate surface area is 108 Å². The molecule has 0 aliphatic heterocycles. The molecule has 17 heavy (non-hydrogen) atoms. The van der Waals surface area contributed by atoms with Crippen molar-refractivity contribution >= 4 is 0 Å². The van der Waals surface area contributed by atoms with E-state index in [1.165, 1.54) is 64.2 Å². The van der Waals surface area contributed by atoms with Crippen molar-refractivity contribution < 1.29 is 5.11 Å². The fourth-order valence-corrected chi connectivity index (χ4v) is 3.15. The van der Waals surface area contributed by atoms with Crippen molar-refractivity contribution in [2.24, 2.45) is 11.8 Å². The highest BCUT2D eigenvalue weighted by atomic mass is 16.3. The molecule has 0 bridgehead atoms. The van der Waals surface area contributed by atoms with E-state index in [0.717, 1.165) is 12.3 Å². The minimum Gasteiger partial charge on any atom is -0.393 e. The quantitative estimate of drug-likeness (QED) is 0.567. The molecular weight excluding hydrogens is 208 g/mol. The van der Waals surface area contributed by atoms with Crippen LogP contribution in [0.2, 0.25) is 0 Å². The van der Waals surface area contributed by atoms with E-state index in [4.69, 9.17) is 0 Å². The van der Waals surface area contributed by atoms with E-state index >= 15 is 0 Å². The van der Waals surface area contributed by atoms with Gasteiger partial charge >= 0.3 is 0 Å². The monoisotopic (exact) mass is 240 g/mol. The number of aliphatic hydroxyl groups excluding tert-OH is 1.